The number of ether oxygens (including phenoxy) is 1. The van der Waals surface area contributed by atoms with Crippen LogP contribution in [0.4, 0.5) is 0 Å². The van der Waals surface area contributed by atoms with Crippen molar-refractivity contribution < 1.29 is 13.2 Å². The van der Waals surface area contributed by atoms with Gasteiger partial charge >= 0.3 is 0 Å². The second kappa shape index (κ2) is 6.95. The Morgan fingerprint density at radius 1 is 1.04 bits per heavy atom. The molecule has 1 N–H and O–H groups in total. The molecule has 1 fully saturated rings. The third-order valence-electron chi connectivity index (χ3n) is 4.74. The van der Waals surface area contributed by atoms with Crippen LogP contribution in [0.2, 0.25) is 0 Å². The largest absolute Gasteiger partial charge is 0.494 e. The van der Waals surface area contributed by atoms with Gasteiger partial charge in [-0.25, -0.2) is 13.1 Å². The van der Waals surface area contributed by atoms with E-state index in [9.17, 15) is 8.42 Å². The van der Waals surface area contributed by atoms with Gasteiger partial charge in [-0.15, -0.1) is 0 Å². The smallest absolute Gasteiger partial charge is 0.240 e. The van der Waals surface area contributed by atoms with Gasteiger partial charge in [0.1, 0.15) is 5.75 Å². The summed E-state index contributed by atoms with van der Waals surface area (Å²) in [6.07, 6.45) is 3.17. The van der Waals surface area contributed by atoms with Gasteiger partial charge in [0, 0.05) is 12.0 Å². The zero-order valence-corrected chi connectivity index (χ0v) is 14.7. The molecule has 5 heteroatoms. The van der Waals surface area contributed by atoms with E-state index in [4.69, 9.17) is 4.74 Å². The van der Waals surface area contributed by atoms with Gasteiger partial charge in [-0.05, 0) is 49.6 Å². The third-order valence-corrected chi connectivity index (χ3v) is 6.16. The van der Waals surface area contributed by atoms with Crippen LogP contribution in [-0.2, 0) is 15.4 Å². The number of nitrogens with one attached hydrogen (secondary N) is 1. The van der Waals surface area contributed by atoms with Crippen LogP contribution >= 0.6 is 0 Å². The van der Waals surface area contributed by atoms with E-state index in [1.54, 1.807) is 24.3 Å². The SMILES string of the molecule is CCOc1ccc(S(=O)(=O)NCC2(c3ccccc3)CCC2)cc1. The zero-order valence-electron chi connectivity index (χ0n) is 13.9. The van der Waals surface area contributed by atoms with Crippen LogP contribution in [0.15, 0.2) is 59.5 Å². The Balaban J connectivity index is 1.72. The molecule has 0 aromatic heterocycles. The maximum atomic E-state index is 12.6. The molecule has 1 saturated carbocycles. The Morgan fingerprint density at radius 2 is 1.71 bits per heavy atom. The topological polar surface area (TPSA) is 55.4 Å². The zero-order chi connectivity index (χ0) is 17.0. The minimum atomic E-state index is -3.51. The van der Waals surface area contributed by atoms with Crippen molar-refractivity contribution in [1.82, 2.24) is 4.72 Å². The first-order valence-corrected chi connectivity index (χ1v) is 9.82. The highest BCUT2D eigenvalue weighted by Crippen LogP contribution is 2.43. The molecular formula is C19H23NO3S. The van der Waals surface area contributed by atoms with Crippen molar-refractivity contribution in [1.29, 1.82) is 0 Å². The normalized spacial score (nSPS) is 16.4. The summed E-state index contributed by atoms with van der Waals surface area (Å²) in [4.78, 5) is 0.272. The molecule has 0 radical (unpaired) electrons. The molecular weight excluding hydrogens is 322 g/mol. The predicted octanol–water partition coefficient (Wildman–Crippen LogP) is 3.49. The van der Waals surface area contributed by atoms with Crippen molar-refractivity contribution >= 4 is 10.0 Å². The summed E-state index contributed by atoms with van der Waals surface area (Å²) in [7, 11) is -3.51. The van der Waals surface area contributed by atoms with Crippen LogP contribution in [0.3, 0.4) is 0 Å². The molecule has 0 atom stereocenters. The predicted molar refractivity (Wildman–Crippen MR) is 94.8 cm³/mol. The molecule has 0 heterocycles. The van der Waals surface area contributed by atoms with Crippen molar-refractivity contribution in [3.05, 3.63) is 60.2 Å². The molecule has 0 bridgehead atoms. The number of sulfonamides is 1. The summed E-state index contributed by atoms with van der Waals surface area (Å²) >= 11 is 0. The highest BCUT2D eigenvalue weighted by Gasteiger charge is 2.39. The minimum Gasteiger partial charge on any atom is -0.494 e. The van der Waals surface area contributed by atoms with E-state index in [1.165, 1.54) is 5.56 Å². The van der Waals surface area contributed by atoms with Gasteiger partial charge in [0.2, 0.25) is 10.0 Å². The number of hydrogen-bond acceptors (Lipinski definition) is 3. The van der Waals surface area contributed by atoms with Crippen LogP contribution in [0, 0.1) is 0 Å². The Bertz CT molecular complexity index is 766. The van der Waals surface area contributed by atoms with Gasteiger partial charge in [-0.1, -0.05) is 36.8 Å². The Morgan fingerprint density at radius 3 is 2.25 bits per heavy atom. The highest BCUT2D eigenvalue weighted by molar-refractivity contribution is 7.89. The van der Waals surface area contributed by atoms with E-state index in [0.717, 1.165) is 19.3 Å². The van der Waals surface area contributed by atoms with Crippen molar-refractivity contribution in [3.63, 3.8) is 0 Å². The molecule has 2 aromatic carbocycles. The Labute approximate surface area is 143 Å². The molecule has 0 spiro atoms. The summed E-state index contributed by atoms with van der Waals surface area (Å²) < 4.78 is 33.3. The maximum Gasteiger partial charge on any atom is 0.240 e. The average Bonchev–Trinajstić information content (AvgIpc) is 2.56. The van der Waals surface area contributed by atoms with Crippen molar-refractivity contribution in [2.45, 2.75) is 36.5 Å². The highest BCUT2D eigenvalue weighted by atomic mass is 32.2. The van der Waals surface area contributed by atoms with Gasteiger partial charge in [0.25, 0.3) is 0 Å². The molecule has 0 unspecified atom stereocenters. The quantitative estimate of drug-likeness (QED) is 0.836. The Hall–Kier alpha value is -1.85. The first-order chi connectivity index (χ1) is 11.6. The number of benzene rings is 2. The van der Waals surface area contributed by atoms with Gasteiger partial charge in [0.15, 0.2) is 0 Å². The van der Waals surface area contributed by atoms with E-state index in [1.807, 2.05) is 25.1 Å². The monoisotopic (exact) mass is 345 g/mol. The third kappa shape index (κ3) is 3.47. The van der Waals surface area contributed by atoms with E-state index in [0.29, 0.717) is 18.9 Å². The van der Waals surface area contributed by atoms with Gasteiger partial charge < -0.3 is 4.74 Å². The summed E-state index contributed by atoms with van der Waals surface area (Å²) in [5.74, 6) is 0.677. The standard InChI is InChI=1S/C19H23NO3S/c1-2-23-17-9-11-18(12-10-17)24(21,22)20-15-19(13-6-14-19)16-7-4-3-5-8-16/h3-5,7-12,20H,2,6,13-15H2,1H3. The molecule has 2 aromatic rings. The average molecular weight is 345 g/mol. The molecule has 3 rings (SSSR count). The fourth-order valence-electron chi connectivity index (χ4n) is 3.16. The van der Waals surface area contributed by atoms with Crippen LogP contribution < -0.4 is 9.46 Å². The van der Waals surface area contributed by atoms with Gasteiger partial charge in [-0.2, -0.15) is 0 Å². The molecule has 24 heavy (non-hydrogen) atoms. The van der Waals surface area contributed by atoms with Crippen LogP contribution in [-0.4, -0.2) is 21.6 Å². The maximum absolute atomic E-state index is 12.6. The van der Waals surface area contributed by atoms with Crippen molar-refractivity contribution in [3.8, 4) is 5.75 Å². The lowest BCUT2D eigenvalue weighted by atomic mass is 9.64. The first kappa shape index (κ1) is 17.0. The van der Waals surface area contributed by atoms with Crippen LogP contribution in [0.25, 0.3) is 0 Å². The Kier molecular flexibility index (Phi) is 4.92. The van der Waals surface area contributed by atoms with E-state index in [-0.39, 0.29) is 10.3 Å². The van der Waals surface area contributed by atoms with Gasteiger partial charge in [0.05, 0.1) is 11.5 Å². The molecule has 1 aliphatic rings. The van der Waals surface area contributed by atoms with Crippen LogP contribution in [0.1, 0.15) is 31.7 Å². The minimum absolute atomic E-state index is 0.0698. The molecule has 128 valence electrons. The fraction of sp³-hybridized carbons (Fsp3) is 0.368. The molecule has 0 saturated heterocycles. The molecule has 4 nitrogen and oxygen atoms in total. The van der Waals surface area contributed by atoms with E-state index < -0.39 is 10.0 Å². The van der Waals surface area contributed by atoms with Crippen molar-refractivity contribution in [2.75, 3.05) is 13.2 Å². The van der Waals surface area contributed by atoms with E-state index in [2.05, 4.69) is 16.9 Å². The van der Waals surface area contributed by atoms with Crippen molar-refractivity contribution in [2.24, 2.45) is 0 Å². The lowest BCUT2D eigenvalue weighted by molar-refractivity contribution is 0.245. The summed E-state index contributed by atoms with van der Waals surface area (Å²) in [6.45, 7) is 2.89. The second-order valence-corrected chi connectivity index (χ2v) is 8.00. The molecule has 0 amide bonds. The van der Waals surface area contributed by atoms with E-state index >= 15 is 0 Å². The summed E-state index contributed by atoms with van der Waals surface area (Å²) in [6, 6.07) is 16.7. The molecule has 0 aliphatic heterocycles. The second-order valence-electron chi connectivity index (χ2n) is 6.23. The number of rotatable bonds is 7. The first-order valence-electron chi connectivity index (χ1n) is 8.34. The molecule has 1 aliphatic carbocycles. The fourth-order valence-corrected chi connectivity index (χ4v) is 4.29. The number of hydrogen-bond donors (Lipinski definition) is 1. The summed E-state index contributed by atoms with van der Waals surface area (Å²) in [5, 5.41) is 0. The van der Waals surface area contributed by atoms with Gasteiger partial charge in [-0.3, -0.25) is 0 Å². The van der Waals surface area contributed by atoms with Crippen LogP contribution in [0.5, 0.6) is 5.75 Å². The summed E-state index contributed by atoms with van der Waals surface area (Å²) in [5.41, 5.74) is 1.14. The lowest BCUT2D eigenvalue weighted by Crippen LogP contribution is -2.45. The lowest BCUT2D eigenvalue weighted by Gasteiger charge is -2.42.